The van der Waals surface area contributed by atoms with E-state index < -0.39 is 24.5 Å². The number of urea groups is 1. The average molecular weight is 254 g/mol. The maximum absolute atomic E-state index is 11.6. The van der Waals surface area contributed by atoms with Crippen molar-refractivity contribution in [3.8, 4) is 0 Å². The summed E-state index contributed by atoms with van der Waals surface area (Å²) in [6.07, 6.45) is 0. The molecule has 7 heteroatoms. The summed E-state index contributed by atoms with van der Waals surface area (Å²) in [6.45, 7) is 2.78. The molecule has 0 aliphatic carbocycles. The van der Waals surface area contributed by atoms with E-state index in [2.05, 4.69) is 5.32 Å². The Kier molecular flexibility index (Phi) is 4.47. The zero-order valence-electron chi connectivity index (χ0n) is 10.3. The monoisotopic (exact) mass is 254 g/mol. The van der Waals surface area contributed by atoms with Crippen LogP contribution in [0.15, 0.2) is 10.5 Å². The van der Waals surface area contributed by atoms with Gasteiger partial charge in [0.05, 0.1) is 0 Å². The molecule has 0 saturated heterocycles. The van der Waals surface area contributed by atoms with Crippen LogP contribution in [0, 0.1) is 13.8 Å². The smallest absolute Gasteiger partial charge is 0.342 e. The van der Waals surface area contributed by atoms with Gasteiger partial charge >= 0.3 is 12.0 Å². The first-order valence-electron chi connectivity index (χ1n) is 5.19. The number of ether oxygens (including phenoxy) is 1. The first kappa shape index (κ1) is 13.8. The van der Waals surface area contributed by atoms with Crippen LogP contribution in [0.25, 0.3) is 0 Å². The van der Waals surface area contributed by atoms with Crippen molar-refractivity contribution in [3.63, 3.8) is 0 Å². The summed E-state index contributed by atoms with van der Waals surface area (Å²) in [5.41, 5.74) is 0.264. The molecule has 0 radical (unpaired) electrons. The molecule has 3 amide bonds. The Morgan fingerprint density at radius 2 is 2.00 bits per heavy atom. The van der Waals surface area contributed by atoms with Crippen LogP contribution in [0.5, 0.6) is 0 Å². The van der Waals surface area contributed by atoms with Crippen molar-refractivity contribution in [1.29, 1.82) is 0 Å². The fourth-order valence-corrected chi connectivity index (χ4v) is 1.27. The van der Waals surface area contributed by atoms with Crippen molar-refractivity contribution in [2.75, 3.05) is 13.7 Å². The van der Waals surface area contributed by atoms with E-state index in [1.54, 1.807) is 13.8 Å². The molecule has 1 rings (SSSR count). The van der Waals surface area contributed by atoms with Gasteiger partial charge in [0.2, 0.25) is 0 Å². The number of hydrogen-bond acceptors (Lipinski definition) is 5. The molecule has 0 saturated carbocycles. The zero-order valence-corrected chi connectivity index (χ0v) is 10.3. The maximum Gasteiger partial charge on any atom is 0.342 e. The molecule has 0 aliphatic heterocycles. The summed E-state index contributed by atoms with van der Waals surface area (Å²) in [7, 11) is 1.37. The number of nitrogens with one attached hydrogen (secondary N) is 2. The molecule has 1 aromatic heterocycles. The van der Waals surface area contributed by atoms with Gasteiger partial charge in [0.25, 0.3) is 5.91 Å². The third-order valence-corrected chi connectivity index (χ3v) is 2.08. The van der Waals surface area contributed by atoms with Crippen molar-refractivity contribution in [1.82, 2.24) is 10.6 Å². The van der Waals surface area contributed by atoms with E-state index in [0.29, 0.717) is 11.5 Å². The molecular weight excluding hydrogens is 240 g/mol. The largest absolute Gasteiger partial charge is 0.466 e. The Hall–Kier alpha value is -2.31. The minimum Gasteiger partial charge on any atom is -0.466 e. The predicted molar refractivity (Wildman–Crippen MR) is 61.1 cm³/mol. The quantitative estimate of drug-likeness (QED) is 0.766. The number of aryl methyl sites for hydroxylation is 2. The molecule has 1 aromatic rings. The molecular formula is C11H14N2O5. The number of furan rings is 1. The van der Waals surface area contributed by atoms with E-state index >= 15 is 0 Å². The van der Waals surface area contributed by atoms with Gasteiger partial charge in [-0.1, -0.05) is 0 Å². The van der Waals surface area contributed by atoms with Gasteiger partial charge in [0.15, 0.2) is 6.61 Å². The predicted octanol–water partition coefficient (Wildman–Crippen LogP) is 0.509. The lowest BCUT2D eigenvalue weighted by atomic mass is 10.2. The molecule has 18 heavy (non-hydrogen) atoms. The summed E-state index contributed by atoms with van der Waals surface area (Å²) in [6, 6.07) is 0.861. The van der Waals surface area contributed by atoms with Crippen LogP contribution in [0.2, 0.25) is 0 Å². The van der Waals surface area contributed by atoms with Gasteiger partial charge in [-0.2, -0.15) is 0 Å². The molecule has 2 N–H and O–H groups in total. The lowest BCUT2D eigenvalue weighted by Crippen LogP contribution is -2.39. The van der Waals surface area contributed by atoms with Gasteiger partial charge in [0.1, 0.15) is 17.1 Å². The average Bonchev–Trinajstić information content (AvgIpc) is 2.65. The molecule has 1 heterocycles. The highest BCUT2D eigenvalue weighted by Gasteiger charge is 2.16. The summed E-state index contributed by atoms with van der Waals surface area (Å²) in [5, 5.41) is 4.17. The maximum atomic E-state index is 11.6. The summed E-state index contributed by atoms with van der Waals surface area (Å²) >= 11 is 0. The normalized spacial score (nSPS) is 9.72. The Morgan fingerprint density at radius 1 is 1.33 bits per heavy atom. The summed E-state index contributed by atoms with van der Waals surface area (Å²) in [5.74, 6) is -0.379. The summed E-state index contributed by atoms with van der Waals surface area (Å²) in [4.78, 5) is 33.5. The first-order chi connectivity index (χ1) is 8.43. The van der Waals surface area contributed by atoms with Crippen molar-refractivity contribution in [2.24, 2.45) is 0 Å². The molecule has 0 bridgehead atoms. The third kappa shape index (κ3) is 3.62. The van der Waals surface area contributed by atoms with Crippen molar-refractivity contribution in [2.45, 2.75) is 13.8 Å². The van der Waals surface area contributed by atoms with Gasteiger partial charge < -0.3 is 14.5 Å². The van der Waals surface area contributed by atoms with Gasteiger partial charge in [-0.15, -0.1) is 0 Å². The van der Waals surface area contributed by atoms with Crippen LogP contribution in [0.4, 0.5) is 4.79 Å². The van der Waals surface area contributed by atoms with E-state index in [0.717, 1.165) is 0 Å². The van der Waals surface area contributed by atoms with E-state index in [-0.39, 0.29) is 5.56 Å². The van der Waals surface area contributed by atoms with Crippen LogP contribution >= 0.6 is 0 Å². The lowest BCUT2D eigenvalue weighted by Gasteiger charge is -2.04. The topological polar surface area (TPSA) is 97.6 Å². The van der Waals surface area contributed by atoms with E-state index in [1.165, 1.54) is 13.1 Å². The molecule has 0 fully saturated rings. The van der Waals surface area contributed by atoms with Crippen molar-refractivity contribution >= 4 is 17.9 Å². The SMILES string of the molecule is CNC(=O)NC(=O)COC(=O)c1cc(C)oc1C. The van der Waals surface area contributed by atoms with Crippen LogP contribution in [0.1, 0.15) is 21.9 Å². The number of imide groups is 1. The van der Waals surface area contributed by atoms with Gasteiger partial charge in [-0.05, 0) is 19.9 Å². The van der Waals surface area contributed by atoms with E-state index in [1.807, 2.05) is 5.32 Å². The second-order valence-electron chi connectivity index (χ2n) is 3.53. The number of amides is 3. The molecule has 7 nitrogen and oxygen atoms in total. The van der Waals surface area contributed by atoms with E-state index in [9.17, 15) is 14.4 Å². The standard InChI is InChI=1S/C11H14N2O5/c1-6-4-8(7(2)18-6)10(15)17-5-9(14)13-11(16)12-3/h4H,5H2,1-3H3,(H2,12,13,14,16). The van der Waals surface area contributed by atoms with Crippen molar-refractivity contribution < 1.29 is 23.5 Å². The number of rotatable bonds is 3. The molecule has 98 valence electrons. The number of carbonyl (C=O) groups excluding carboxylic acids is 3. The Labute approximate surface area is 103 Å². The fourth-order valence-electron chi connectivity index (χ4n) is 1.27. The second-order valence-corrected chi connectivity index (χ2v) is 3.53. The van der Waals surface area contributed by atoms with Gasteiger partial charge in [-0.25, -0.2) is 9.59 Å². The highest BCUT2D eigenvalue weighted by atomic mass is 16.5. The van der Waals surface area contributed by atoms with Crippen LogP contribution in [-0.2, 0) is 9.53 Å². The number of esters is 1. The van der Waals surface area contributed by atoms with Crippen LogP contribution in [-0.4, -0.2) is 31.6 Å². The minimum atomic E-state index is -0.708. The Bertz CT molecular complexity index is 478. The minimum absolute atomic E-state index is 0.264. The highest BCUT2D eigenvalue weighted by molar-refractivity contribution is 5.97. The lowest BCUT2D eigenvalue weighted by molar-refractivity contribution is -0.123. The zero-order chi connectivity index (χ0) is 13.7. The second kappa shape index (κ2) is 5.85. The van der Waals surface area contributed by atoms with Gasteiger partial charge in [0, 0.05) is 7.05 Å². The summed E-state index contributed by atoms with van der Waals surface area (Å²) < 4.78 is 9.90. The molecule has 0 spiro atoms. The van der Waals surface area contributed by atoms with Crippen LogP contribution < -0.4 is 10.6 Å². The number of carbonyl (C=O) groups is 3. The molecule has 0 aliphatic rings. The van der Waals surface area contributed by atoms with Crippen molar-refractivity contribution in [3.05, 3.63) is 23.2 Å². The molecule has 0 atom stereocenters. The molecule has 0 unspecified atom stereocenters. The third-order valence-electron chi connectivity index (χ3n) is 2.08. The van der Waals surface area contributed by atoms with Gasteiger partial charge in [-0.3, -0.25) is 10.1 Å². The Balaban J connectivity index is 2.49. The fraction of sp³-hybridized carbons (Fsp3) is 0.364. The Morgan fingerprint density at radius 3 is 2.50 bits per heavy atom. The van der Waals surface area contributed by atoms with Crippen LogP contribution in [0.3, 0.4) is 0 Å². The van der Waals surface area contributed by atoms with E-state index in [4.69, 9.17) is 9.15 Å². The number of hydrogen-bond donors (Lipinski definition) is 2. The highest BCUT2D eigenvalue weighted by Crippen LogP contribution is 2.14. The molecule has 0 aromatic carbocycles. The first-order valence-corrected chi connectivity index (χ1v) is 5.19.